The minimum atomic E-state index is -0.437. The predicted octanol–water partition coefficient (Wildman–Crippen LogP) is 3.83. The Morgan fingerprint density at radius 3 is 2.58 bits per heavy atom. The van der Waals surface area contributed by atoms with Crippen LogP contribution < -0.4 is 0 Å². The summed E-state index contributed by atoms with van der Waals surface area (Å²) in [6, 6.07) is 13.0. The Morgan fingerprint density at radius 2 is 1.84 bits per heavy atom. The van der Waals surface area contributed by atoms with Gasteiger partial charge in [-0.25, -0.2) is 9.78 Å². The van der Waals surface area contributed by atoms with Crippen molar-refractivity contribution >= 4 is 39.2 Å². The summed E-state index contributed by atoms with van der Waals surface area (Å²) in [5.74, 6) is -0.437. The van der Waals surface area contributed by atoms with Gasteiger partial charge in [-0.05, 0) is 23.6 Å². The summed E-state index contributed by atoms with van der Waals surface area (Å²) in [7, 11) is 1.35. The summed E-state index contributed by atoms with van der Waals surface area (Å²) in [4.78, 5) is 16.2. The van der Waals surface area contributed by atoms with Gasteiger partial charge in [0.25, 0.3) is 0 Å². The third kappa shape index (κ3) is 1.92. The molecule has 0 fully saturated rings. The van der Waals surface area contributed by atoms with Crippen LogP contribution in [0.4, 0.5) is 0 Å². The van der Waals surface area contributed by atoms with Crippen LogP contribution in [0.15, 0.2) is 42.5 Å². The standard InChI is InChI=1S/C15H10ClNO2/c1-19-15(18)14-11-5-3-2-4-10(11)12-8-9(16)6-7-13(12)17-14/h2-8H,1H3. The van der Waals surface area contributed by atoms with Crippen LogP contribution in [0.1, 0.15) is 10.5 Å². The van der Waals surface area contributed by atoms with E-state index in [1.807, 2.05) is 30.3 Å². The van der Waals surface area contributed by atoms with Gasteiger partial charge in [0.05, 0.1) is 12.6 Å². The van der Waals surface area contributed by atoms with Gasteiger partial charge in [-0.2, -0.15) is 0 Å². The molecule has 0 bridgehead atoms. The summed E-state index contributed by atoms with van der Waals surface area (Å²) in [5.41, 5.74) is 1.05. The number of carbonyl (C=O) groups excluding carboxylic acids is 1. The van der Waals surface area contributed by atoms with Crippen LogP contribution in [-0.2, 0) is 4.74 Å². The second-order valence-electron chi connectivity index (χ2n) is 4.16. The summed E-state index contributed by atoms with van der Waals surface area (Å²) in [6.07, 6.45) is 0. The minimum Gasteiger partial charge on any atom is -0.464 e. The first-order chi connectivity index (χ1) is 9.20. The summed E-state index contributed by atoms with van der Waals surface area (Å²) < 4.78 is 4.79. The van der Waals surface area contributed by atoms with E-state index in [1.165, 1.54) is 7.11 Å². The number of pyridine rings is 1. The summed E-state index contributed by atoms with van der Waals surface area (Å²) >= 11 is 6.03. The van der Waals surface area contributed by atoms with E-state index in [1.54, 1.807) is 12.1 Å². The summed E-state index contributed by atoms with van der Waals surface area (Å²) in [5, 5.41) is 3.28. The lowest BCUT2D eigenvalue weighted by molar-refractivity contribution is 0.0597. The molecule has 19 heavy (non-hydrogen) atoms. The highest BCUT2D eigenvalue weighted by atomic mass is 35.5. The molecule has 0 aliphatic carbocycles. The fourth-order valence-corrected chi connectivity index (χ4v) is 2.35. The highest BCUT2D eigenvalue weighted by Gasteiger charge is 2.14. The molecule has 0 N–H and O–H groups in total. The maximum atomic E-state index is 11.8. The van der Waals surface area contributed by atoms with Gasteiger partial charge in [0.2, 0.25) is 0 Å². The molecule has 4 heteroatoms. The molecule has 0 spiro atoms. The van der Waals surface area contributed by atoms with Gasteiger partial charge in [-0.15, -0.1) is 0 Å². The van der Waals surface area contributed by atoms with Crippen LogP contribution in [0.2, 0.25) is 5.02 Å². The Labute approximate surface area is 114 Å². The lowest BCUT2D eigenvalue weighted by Crippen LogP contribution is -2.05. The number of ether oxygens (including phenoxy) is 1. The Hall–Kier alpha value is -2.13. The topological polar surface area (TPSA) is 39.2 Å². The molecular formula is C15H10ClNO2. The minimum absolute atomic E-state index is 0.327. The molecule has 2 aromatic carbocycles. The molecule has 0 radical (unpaired) electrons. The molecule has 94 valence electrons. The van der Waals surface area contributed by atoms with E-state index in [4.69, 9.17) is 16.3 Å². The van der Waals surface area contributed by atoms with E-state index < -0.39 is 5.97 Å². The molecule has 3 nitrogen and oxygen atoms in total. The van der Waals surface area contributed by atoms with E-state index in [0.29, 0.717) is 10.7 Å². The number of rotatable bonds is 1. The number of esters is 1. The molecule has 1 heterocycles. The zero-order valence-corrected chi connectivity index (χ0v) is 10.9. The molecule has 3 aromatic rings. The van der Waals surface area contributed by atoms with Crippen molar-refractivity contribution in [1.29, 1.82) is 0 Å². The molecular weight excluding hydrogens is 262 g/mol. The van der Waals surface area contributed by atoms with Crippen LogP contribution in [0, 0.1) is 0 Å². The van der Waals surface area contributed by atoms with Crippen LogP contribution in [0.25, 0.3) is 21.7 Å². The Morgan fingerprint density at radius 1 is 1.11 bits per heavy atom. The van der Waals surface area contributed by atoms with Gasteiger partial charge in [0.15, 0.2) is 5.69 Å². The zero-order chi connectivity index (χ0) is 13.4. The van der Waals surface area contributed by atoms with Crippen molar-refractivity contribution < 1.29 is 9.53 Å². The van der Waals surface area contributed by atoms with Crippen molar-refractivity contribution in [1.82, 2.24) is 4.98 Å². The number of aromatic nitrogens is 1. The number of methoxy groups -OCH3 is 1. The van der Waals surface area contributed by atoms with Crippen molar-refractivity contribution in [3.63, 3.8) is 0 Å². The number of carbonyl (C=O) groups is 1. The van der Waals surface area contributed by atoms with Crippen LogP contribution in [0.5, 0.6) is 0 Å². The van der Waals surface area contributed by atoms with E-state index in [9.17, 15) is 4.79 Å². The highest BCUT2D eigenvalue weighted by Crippen LogP contribution is 2.28. The Balaban J connectivity index is 2.50. The third-order valence-corrected chi connectivity index (χ3v) is 3.28. The maximum Gasteiger partial charge on any atom is 0.357 e. The van der Waals surface area contributed by atoms with E-state index in [0.717, 1.165) is 21.7 Å². The van der Waals surface area contributed by atoms with E-state index >= 15 is 0 Å². The number of halogens is 1. The molecule has 0 aliphatic heterocycles. The van der Waals surface area contributed by atoms with Crippen molar-refractivity contribution in [3.8, 4) is 0 Å². The number of hydrogen-bond donors (Lipinski definition) is 0. The first-order valence-electron chi connectivity index (χ1n) is 5.77. The fraction of sp³-hybridized carbons (Fsp3) is 0.0667. The maximum absolute atomic E-state index is 11.8. The number of benzene rings is 2. The molecule has 0 atom stereocenters. The predicted molar refractivity (Wildman–Crippen MR) is 75.6 cm³/mol. The van der Waals surface area contributed by atoms with E-state index in [2.05, 4.69) is 4.98 Å². The average Bonchev–Trinajstić information content (AvgIpc) is 2.46. The largest absolute Gasteiger partial charge is 0.464 e. The monoisotopic (exact) mass is 271 g/mol. The zero-order valence-electron chi connectivity index (χ0n) is 10.2. The van der Waals surface area contributed by atoms with Crippen LogP contribution in [0.3, 0.4) is 0 Å². The normalized spacial score (nSPS) is 10.8. The van der Waals surface area contributed by atoms with Crippen molar-refractivity contribution in [2.45, 2.75) is 0 Å². The smallest absolute Gasteiger partial charge is 0.357 e. The quantitative estimate of drug-likeness (QED) is 0.499. The molecule has 0 aliphatic rings. The van der Waals surface area contributed by atoms with Gasteiger partial charge < -0.3 is 4.74 Å². The van der Waals surface area contributed by atoms with Gasteiger partial charge in [-0.3, -0.25) is 0 Å². The van der Waals surface area contributed by atoms with Crippen molar-refractivity contribution in [3.05, 3.63) is 53.2 Å². The lowest BCUT2D eigenvalue weighted by Gasteiger charge is -2.08. The third-order valence-electron chi connectivity index (χ3n) is 3.04. The molecule has 0 unspecified atom stereocenters. The Bertz CT molecular complexity index is 799. The van der Waals surface area contributed by atoms with Gasteiger partial charge in [0, 0.05) is 15.8 Å². The molecule has 0 saturated carbocycles. The fourth-order valence-electron chi connectivity index (χ4n) is 2.18. The average molecular weight is 272 g/mol. The van der Waals surface area contributed by atoms with Crippen molar-refractivity contribution in [2.75, 3.05) is 7.11 Å². The lowest BCUT2D eigenvalue weighted by atomic mass is 10.0. The highest BCUT2D eigenvalue weighted by molar-refractivity contribution is 6.31. The number of hydrogen-bond acceptors (Lipinski definition) is 3. The van der Waals surface area contributed by atoms with Crippen molar-refractivity contribution in [2.24, 2.45) is 0 Å². The van der Waals surface area contributed by atoms with Gasteiger partial charge in [-0.1, -0.05) is 35.9 Å². The summed E-state index contributed by atoms with van der Waals surface area (Å²) in [6.45, 7) is 0. The Kier molecular flexibility index (Phi) is 2.84. The molecule has 0 saturated heterocycles. The van der Waals surface area contributed by atoms with Crippen LogP contribution >= 0.6 is 11.6 Å². The first-order valence-corrected chi connectivity index (χ1v) is 6.15. The number of nitrogens with zero attached hydrogens (tertiary/aromatic N) is 1. The van der Waals surface area contributed by atoms with Gasteiger partial charge in [0.1, 0.15) is 0 Å². The SMILES string of the molecule is COC(=O)c1nc2ccc(Cl)cc2c2ccccc12. The second-order valence-corrected chi connectivity index (χ2v) is 4.60. The molecule has 3 rings (SSSR count). The second kappa shape index (κ2) is 4.52. The number of fused-ring (bicyclic) bond motifs is 3. The van der Waals surface area contributed by atoms with Gasteiger partial charge >= 0.3 is 5.97 Å². The molecule has 0 amide bonds. The van der Waals surface area contributed by atoms with Crippen LogP contribution in [-0.4, -0.2) is 18.1 Å². The first kappa shape index (κ1) is 11.9. The molecule has 1 aromatic heterocycles. The van der Waals surface area contributed by atoms with E-state index in [-0.39, 0.29) is 0 Å².